The van der Waals surface area contributed by atoms with E-state index in [0.29, 0.717) is 18.8 Å². The largest absolute Gasteiger partial charge is 0.468 e. The zero-order chi connectivity index (χ0) is 15.1. The van der Waals surface area contributed by atoms with Crippen LogP contribution in [0, 0.1) is 10.1 Å². The van der Waals surface area contributed by atoms with Crippen molar-refractivity contribution in [2.24, 2.45) is 0 Å². The fourth-order valence-corrected chi connectivity index (χ4v) is 1.75. The quantitative estimate of drug-likeness (QED) is 0.469. The number of nitro benzene ring substituents is 1. The smallest absolute Gasteiger partial charge is 0.319 e. The number of nitro groups is 1. The fraction of sp³-hybridized carbons (Fsp3) is 0.417. The van der Waals surface area contributed by atoms with Gasteiger partial charge in [0.2, 0.25) is 0 Å². The number of anilines is 1. The first-order chi connectivity index (χ1) is 9.43. The minimum Gasteiger partial charge on any atom is -0.468 e. The number of nitrogens with one attached hydrogen (secondary N) is 1. The predicted octanol–water partition coefficient (Wildman–Crippen LogP) is 1.76. The molecule has 0 atom stereocenters. The molecule has 1 rings (SSSR count). The number of benzene rings is 1. The van der Waals surface area contributed by atoms with Crippen molar-refractivity contribution in [1.82, 2.24) is 4.90 Å². The molecule has 0 spiro atoms. The number of methoxy groups -OCH3 is 1. The molecule has 0 heterocycles. The lowest BCUT2D eigenvalue weighted by atomic mass is 10.3. The molecule has 0 bridgehead atoms. The van der Waals surface area contributed by atoms with E-state index < -0.39 is 4.92 Å². The SMILES string of the molecule is COC(=O)CN(C)CCNc1ccc([N+](=O)[O-])cc1Cl. The summed E-state index contributed by atoms with van der Waals surface area (Å²) in [5, 5.41) is 13.9. The molecule has 0 aliphatic heterocycles. The molecule has 1 aromatic rings. The molecule has 20 heavy (non-hydrogen) atoms. The second-order valence-electron chi connectivity index (χ2n) is 4.16. The number of esters is 1. The van der Waals surface area contributed by atoms with Crippen molar-refractivity contribution in [3.63, 3.8) is 0 Å². The number of hydrogen-bond acceptors (Lipinski definition) is 6. The molecule has 0 unspecified atom stereocenters. The molecule has 0 saturated heterocycles. The Balaban J connectivity index is 2.46. The lowest BCUT2D eigenvalue weighted by molar-refractivity contribution is -0.384. The van der Waals surface area contributed by atoms with E-state index in [9.17, 15) is 14.9 Å². The summed E-state index contributed by atoms with van der Waals surface area (Å²) in [6.07, 6.45) is 0. The second kappa shape index (κ2) is 7.66. The number of halogens is 1. The zero-order valence-electron chi connectivity index (χ0n) is 11.3. The van der Waals surface area contributed by atoms with Crippen LogP contribution in [0.1, 0.15) is 0 Å². The maximum absolute atomic E-state index is 11.0. The first-order valence-corrected chi connectivity index (χ1v) is 6.25. The fourth-order valence-electron chi connectivity index (χ4n) is 1.51. The van der Waals surface area contributed by atoms with Gasteiger partial charge in [-0.1, -0.05) is 11.6 Å². The number of hydrogen-bond donors (Lipinski definition) is 1. The summed E-state index contributed by atoms with van der Waals surface area (Å²) in [6.45, 7) is 1.35. The van der Waals surface area contributed by atoms with Crippen LogP contribution in [-0.4, -0.2) is 49.6 Å². The van der Waals surface area contributed by atoms with Crippen LogP contribution in [0.3, 0.4) is 0 Å². The summed E-state index contributed by atoms with van der Waals surface area (Å²) >= 11 is 5.94. The lowest BCUT2D eigenvalue weighted by Crippen LogP contribution is -2.31. The van der Waals surface area contributed by atoms with Gasteiger partial charge in [-0.05, 0) is 13.1 Å². The molecule has 1 N–H and O–H groups in total. The summed E-state index contributed by atoms with van der Waals surface area (Å²) in [4.78, 5) is 22.9. The summed E-state index contributed by atoms with van der Waals surface area (Å²) in [7, 11) is 3.13. The molecule has 0 aliphatic rings. The molecule has 0 radical (unpaired) electrons. The molecular weight excluding hydrogens is 286 g/mol. The molecule has 8 heteroatoms. The Morgan fingerprint density at radius 1 is 1.55 bits per heavy atom. The summed E-state index contributed by atoms with van der Waals surface area (Å²) in [5.74, 6) is -0.305. The maximum Gasteiger partial charge on any atom is 0.319 e. The van der Waals surface area contributed by atoms with Gasteiger partial charge in [0.1, 0.15) is 0 Å². The number of nitrogens with zero attached hydrogens (tertiary/aromatic N) is 2. The minimum absolute atomic E-state index is 0.0524. The van der Waals surface area contributed by atoms with Gasteiger partial charge in [0.15, 0.2) is 0 Å². The minimum atomic E-state index is -0.500. The van der Waals surface area contributed by atoms with Crippen molar-refractivity contribution < 1.29 is 14.5 Å². The van der Waals surface area contributed by atoms with Gasteiger partial charge < -0.3 is 10.1 Å². The normalized spacial score (nSPS) is 10.4. The van der Waals surface area contributed by atoms with Crippen molar-refractivity contribution in [2.75, 3.05) is 39.1 Å². The van der Waals surface area contributed by atoms with Crippen LogP contribution in [0.4, 0.5) is 11.4 Å². The molecule has 7 nitrogen and oxygen atoms in total. The highest BCUT2D eigenvalue weighted by Crippen LogP contribution is 2.26. The highest BCUT2D eigenvalue weighted by atomic mass is 35.5. The number of non-ortho nitro benzene ring substituents is 1. The summed E-state index contributed by atoms with van der Waals surface area (Å²) < 4.78 is 4.55. The average molecular weight is 302 g/mol. The van der Waals surface area contributed by atoms with Crippen LogP contribution in [0.15, 0.2) is 18.2 Å². The first-order valence-electron chi connectivity index (χ1n) is 5.87. The number of ether oxygens (including phenoxy) is 1. The summed E-state index contributed by atoms with van der Waals surface area (Å²) in [5.41, 5.74) is 0.562. The van der Waals surface area contributed by atoms with Crippen LogP contribution < -0.4 is 5.32 Å². The van der Waals surface area contributed by atoms with Crippen molar-refractivity contribution in [3.05, 3.63) is 33.3 Å². The Bertz CT molecular complexity index is 496. The Morgan fingerprint density at radius 2 is 2.25 bits per heavy atom. The van der Waals surface area contributed by atoms with Gasteiger partial charge in [-0.15, -0.1) is 0 Å². The highest BCUT2D eigenvalue weighted by molar-refractivity contribution is 6.33. The molecular formula is C12H16ClN3O4. The van der Waals surface area contributed by atoms with Gasteiger partial charge in [0, 0.05) is 25.2 Å². The van der Waals surface area contributed by atoms with E-state index in [0.717, 1.165) is 0 Å². The van der Waals surface area contributed by atoms with E-state index in [2.05, 4.69) is 10.1 Å². The van der Waals surface area contributed by atoms with E-state index in [4.69, 9.17) is 11.6 Å². The van der Waals surface area contributed by atoms with Crippen LogP contribution in [0.25, 0.3) is 0 Å². The van der Waals surface area contributed by atoms with Crippen LogP contribution in [0.5, 0.6) is 0 Å². The van der Waals surface area contributed by atoms with E-state index in [1.54, 1.807) is 18.0 Å². The van der Waals surface area contributed by atoms with Crippen LogP contribution >= 0.6 is 11.6 Å². The number of carbonyl (C=O) groups is 1. The Labute approximate surface area is 121 Å². The van der Waals surface area contributed by atoms with Gasteiger partial charge in [-0.2, -0.15) is 0 Å². The number of likely N-dealkylation sites (N-methyl/N-ethyl adjacent to an activating group) is 1. The van der Waals surface area contributed by atoms with Crippen molar-refractivity contribution >= 4 is 28.9 Å². The summed E-state index contributed by atoms with van der Waals surface area (Å²) in [6, 6.07) is 4.23. The van der Waals surface area contributed by atoms with E-state index in [-0.39, 0.29) is 23.2 Å². The van der Waals surface area contributed by atoms with Gasteiger partial charge >= 0.3 is 5.97 Å². The number of carbonyl (C=O) groups excluding carboxylic acids is 1. The predicted molar refractivity (Wildman–Crippen MR) is 76.1 cm³/mol. The van der Waals surface area contributed by atoms with Gasteiger partial charge in [0.05, 0.1) is 29.3 Å². The molecule has 1 aromatic carbocycles. The highest BCUT2D eigenvalue weighted by Gasteiger charge is 2.10. The molecule has 0 aromatic heterocycles. The van der Waals surface area contributed by atoms with Gasteiger partial charge in [-0.3, -0.25) is 19.8 Å². The van der Waals surface area contributed by atoms with Crippen molar-refractivity contribution in [3.8, 4) is 0 Å². The first kappa shape index (κ1) is 16.2. The van der Waals surface area contributed by atoms with Crippen LogP contribution in [0.2, 0.25) is 5.02 Å². The van der Waals surface area contributed by atoms with E-state index >= 15 is 0 Å². The van der Waals surface area contributed by atoms with Crippen molar-refractivity contribution in [1.29, 1.82) is 0 Å². The molecule has 0 fully saturated rings. The standard InChI is InChI=1S/C12H16ClN3O4/c1-15(8-12(17)20-2)6-5-14-11-4-3-9(16(18)19)7-10(11)13/h3-4,7,14H,5-6,8H2,1-2H3. The Morgan fingerprint density at radius 3 is 2.80 bits per heavy atom. The van der Waals surface area contributed by atoms with E-state index in [1.807, 2.05) is 0 Å². The third-order valence-electron chi connectivity index (χ3n) is 2.60. The van der Waals surface area contributed by atoms with Crippen LogP contribution in [-0.2, 0) is 9.53 Å². The molecule has 110 valence electrons. The Kier molecular flexibility index (Phi) is 6.20. The maximum atomic E-state index is 11.0. The lowest BCUT2D eigenvalue weighted by Gasteiger charge is -2.16. The molecule has 0 saturated carbocycles. The Hall–Kier alpha value is -1.86. The second-order valence-corrected chi connectivity index (χ2v) is 4.57. The molecule has 0 amide bonds. The topological polar surface area (TPSA) is 84.7 Å². The number of rotatable bonds is 7. The third-order valence-corrected chi connectivity index (χ3v) is 2.91. The van der Waals surface area contributed by atoms with Crippen molar-refractivity contribution in [2.45, 2.75) is 0 Å². The monoisotopic (exact) mass is 301 g/mol. The van der Waals surface area contributed by atoms with Gasteiger partial charge in [0.25, 0.3) is 5.69 Å². The average Bonchev–Trinajstić information content (AvgIpc) is 2.40. The molecule has 0 aliphatic carbocycles. The van der Waals surface area contributed by atoms with Gasteiger partial charge in [-0.25, -0.2) is 0 Å². The van der Waals surface area contributed by atoms with E-state index in [1.165, 1.54) is 19.2 Å². The zero-order valence-corrected chi connectivity index (χ0v) is 12.0. The third kappa shape index (κ3) is 5.02.